The van der Waals surface area contributed by atoms with Crippen LogP contribution in [0.1, 0.15) is 12.8 Å². The molecule has 0 aliphatic heterocycles. The van der Waals surface area contributed by atoms with Crippen LogP contribution in [0.2, 0.25) is 0 Å². The third-order valence-electron chi connectivity index (χ3n) is 2.69. The Hall–Kier alpha value is -1.06. The van der Waals surface area contributed by atoms with E-state index in [2.05, 4.69) is 46.8 Å². The van der Waals surface area contributed by atoms with Crippen molar-refractivity contribution in [2.24, 2.45) is 7.05 Å². The van der Waals surface area contributed by atoms with Crippen molar-refractivity contribution in [3.63, 3.8) is 0 Å². The average Bonchev–Trinajstić information content (AvgIpc) is 2.58. The third kappa shape index (κ3) is 2.54. The number of hydrogen-bond donors (Lipinski definition) is 1. The van der Waals surface area contributed by atoms with Crippen LogP contribution in [0.25, 0.3) is 11.0 Å². The van der Waals surface area contributed by atoms with Crippen molar-refractivity contribution in [2.75, 3.05) is 6.61 Å². The molecule has 0 saturated carbocycles. The zero-order valence-electron chi connectivity index (χ0n) is 9.43. The molecule has 0 fully saturated rings. The molecule has 0 amide bonds. The second kappa shape index (κ2) is 5.87. The third-order valence-corrected chi connectivity index (χ3v) is 2.69. The molecule has 4 heteroatoms. The molecule has 0 saturated heterocycles. The van der Waals surface area contributed by atoms with Crippen LogP contribution in [-0.2, 0) is 13.6 Å². The number of rotatable bonds is 4. The number of unbranched alkanes of at least 4 members (excludes halogenated alkanes) is 1. The van der Waals surface area contributed by atoms with E-state index in [1.165, 1.54) is 11.0 Å². The van der Waals surface area contributed by atoms with E-state index in [4.69, 9.17) is 5.11 Å². The van der Waals surface area contributed by atoms with Gasteiger partial charge in [-0.1, -0.05) is 12.1 Å². The highest BCUT2D eigenvalue weighted by molar-refractivity contribution is 5.71. The Labute approximate surface area is 102 Å². The molecule has 0 atom stereocenters. The zero-order valence-corrected chi connectivity index (χ0v) is 10.2. The maximum absolute atomic E-state index is 8.75. The average molecular weight is 241 g/mol. The molecular weight excluding hydrogens is 224 g/mol. The fourth-order valence-electron chi connectivity index (χ4n) is 1.91. The van der Waals surface area contributed by atoms with Gasteiger partial charge in [0.15, 0.2) is 11.0 Å². The number of nitrogens with zero attached hydrogens (tertiary/aromatic N) is 2. The van der Waals surface area contributed by atoms with Gasteiger partial charge >= 0.3 is 0 Å². The first-order valence-electron chi connectivity index (χ1n) is 5.37. The summed E-state index contributed by atoms with van der Waals surface area (Å²) >= 11 is 0. The second-order valence-electron chi connectivity index (χ2n) is 3.84. The van der Waals surface area contributed by atoms with E-state index in [0.717, 1.165) is 19.4 Å². The number of aryl methyl sites for hydroxylation is 2. The number of imidazole rings is 1. The summed E-state index contributed by atoms with van der Waals surface area (Å²) < 4.78 is 4.37. The van der Waals surface area contributed by atoms with Gasteiger partial charge in [-0.2, -0.15) is 0 Å². The van der Waals surface area contributed by atoms with Gasteiger partial charge < -0.3 is 17.5 Å². The largest absolute Gasteiger partial charge is 1.00 e. The van der Waals surface area contributed by atoms with Crippen molar-refractivity contribution in [3.05, 3.63) is 30.6 Å². The van der Waals surface area contributed by atoms with E-state index in [1.807, 2.05) is 0 Å². The van der Waals surface area contributed by atoms with Crippen molar-refractivity contribution >= 4 is 11.0 Å². The Balaban J connectivity index is 0.00000128. The molecule has 0 spiro atoms. The minimum atomic E-state index is 0. The first-order chi connectivity index (χ1) is 7.33. The topological polar surface area (TPSA) is 29.0 Å². The fourth-order valence-corrected chi connectivity index (χ4v) is 1.91. The number of aliphatic hydroxyl groups is 1. The Morgan fingerprint density at radius 1 is 1.25 bits per heavy atom. The van der Waals surface area contributed by atoms with E-state index in [9.17, 15) is 0 Å². The molecule has 1 N–H and O–H groups in total. The summed E-state index contributed by atoms with van der Waals surface area (Å²) in [6, 6.07) is 8.37. The number of fused-ring (bicyclic) bond motifs is 1. The predicted octanol–water partition coefficient (Wildman–Crippen LogP) is -1.76. The smallest absolute Gasteiger partial charge is 0.244 e. The van der Waals surface area contributed by atoms with Crippen LogP contribution < -0.4 is 17.0 Å². The SMILES string of the molecule is C[n+]1cn(CCCCO)c2ccccc21.[Cl-]. The summed E-state index contributed by atoms with van der Waals surface area (Å²) in [7, 11) is 2.06. The van der Waals surface area contributed by atoms with Crippen molar-refractivity contribution in [2.45, 2.75) is 19.4 Å². The van der Waals surface area contributed by atoms with Gasteiger partial charge in [0.1, 0.15) is 0 Å². The van der Waals surface area contributed by atoms with Crippen LogP contribution in [-0.4, -0.2) is 16.3 Å². The van der Waals surface area contributed by atoms with Gasteiger partial charge in [0.2, 0.25) is 6.33 Å². The molecule has 16 heavy (non-hydrogen) atoms. The van der Waals surface area contributed by atoms with Crippen LogP contribution in [0, 0.1) is 0 Å². The predicted molar refractivity (Wildman–Crippen MR) is 59.4 cm³/mol. The molecule has 0 radical (unpaired) electrons. The van der Waals surface area contributed by atoms with Gasteiger partial charge in [0.05, 0.1) is 13.6 Å². The number of para-hydroxylation sites is 2. The van der Waals surface area contributed by atoms with Crippen LogP contribution in [0.15, 0.2) is 30.6 Å². The number of aliphatic hydroxyl groups excluding tert-OH is 1. The maximum atomic E-state index is 8.75. The standard InChI is InChI=1S/C12H17N2O.ClH/c1-13-10-14(8-4-5-9-15)12-7-3-2-6-11(12)13;/h2-3,6-7,10,15H,4-5,8-9H2,1H3;1H/q+1;/p-1. The highest BCUT2D eigenvalue weighted by atomic mass is 35.5. The van der Waals surface area contributed by atoms with Gasteiger partial charge in [0, 0.05) is 6.61 Å². The summed E-state index contributed by atoms with van der Waals surface area (Å²) in [4.78, 5) is 0. The molecule has 1 aromatic carbocycles. The van der Waals surface area contributed by atoms with Gasteiger partial charge in [0.25, 0.3) is 0 Å². The summed E-state index contributed by atoms with van der Waals surface area (Å²) in [6.07, 6.45) is 4.01. The fraction of sp³-hybridized carbons (Fsp3) is 0.417. The van der Waals surface area contributed by atoms with Crippen LogP contribution >= 0.6 is 0 Å². The minimum absolute atomic E-state index is 0. The lowest BCUT2D eigenvalue weighted by Gasteiger charge is -1.95. The summed E-state index contributed by atoms with van der Waals surface area (Å²) in [6.45, 7) is 1.26. The molecule has 0 bridgehead atoms. The van der Waals surface area contributed by atoms with Gasteiger partial charge in [-0.15, -0.1) is 0 Å². The van der Waals surface area contributed by atoms with Gasteiger partial charge in [-0.25, -0.2) is 9.13 Å². The molecule has 88 valence electrons. The van der Waals surface area contributed by atoms with Crippen molar-refractivity contribution in [1.82, 2.24) is 4.57 Å². The quantitative estimate of drug-likeness (QED) is 0.498. The van der Waals surface area contributed by atoms with Crippen LogP contribution in [0.4, 0.5) is 0 Å². The van der Waals surface area contributed by atoms with E-state index in [0.29, 0.717) is 0 Å². The monoisotopic (exact) mass is 240 g/mol. The number of benzene rings is 1. The van der Waals surface area contributed by atoms with Crippen LogP contribution in [0.5, 0.6) is 0 Å². The second-order valence-corrected chi connectivity index (χ2v) is 3.84. The molecular formula is C12H17ClN2O. The van der Waals surface area contributed by atoms with E-state index < -0.39 is 0 Å². The molecule has 1 aromatic heterocycles. The number of halogens is 1. The Morgan fingerprint density at radius 2 is 2.00 bits per heavy atom. The molecule has 2 rings (SSSR count). The first kappa shape index (κ1) is 13.0. The molecule has 1 heterocycles. The Bertz CT molecular complexity index is 453. The van der Waals surface area contributed by atoms with E-state index in [1.54, 1.807) is 0 Å². The first-order valence-corrected chi connectivity index (χ1v) is 5.37. The molecule has 0 unspecified atom stereocenters. The molecule has 0 aliphatic carbocycles. The lowest BCUT2D eigenvalue weighted by Crippen LogP contribution is -3.00. The summed E-state index contributed by atoms with van der Waals surface area (Å²) in [5.41, 5.74) is 2.51. The lowest BCUT2D eigenvalue weighted by molar-refractivity contribution is -0.645. The van der Waals surface area contributed by atoms with Crippen molar-refractivity contribution in [3.8, 4) is 0 Å². The van der Waals surface area contributed by atoms with Crippen molar-refractivity contribution in [1.29, 1.82) is 0 Å². The lowest BCUT2D eigenvalue weighted by atomic mass is 10.3. The van der Waals surface area contributed by atoms with E-state index >= 15 is 0 Å². The maximum Gasteiger partial charge on any atom is 0.244 e. The van der Waals surface area contributed by atoms with Gasteiger partial charge in [-0.05, 0) is 25.0 Å². The summed E-state index contributed by atoms with van der Waals surface area (Å²) in [5, 5.41) is 8.75. The number of aromatic nitrogens is 2. The highest BCUT2D eigenvalue weighted by Crippen LogP contribution is 2.10. The molecule has 3 nitrogen and oxygen atoms in total. The Kier molecular flexibility index (Phi) is 4.77. The van der Waals surface area contributed by atoms with E-state index in [-0.39, 0.29) is 19.0 Å². The summed E-state index contributed by atoms with van der Waals surface area (Å²) in [5.74, 6) is 0. The zero-order chi connectivity index (χ0) is 10.7. The van der Waals surface area contributed by atoms with Crippen molar-refractivity contribution < 1.29 is 22.1 Å². The van der Waals surface area contributed by atoms with Crippen LogP contribution in [0.3, 0.4) is 0 Å². The number of hydrogen-bond acceptors (Lipinski definition) is 1. The highest BCUT2D eigenvalue weighted by Gasteiger charge is 2.10. The molecule has 0 aliphatic rings. The van der Waals surface area contributed by atoms with Gasteiger partial charge in [-0.3, -0.25) is 0 Å². The minimum Gasteiger partial charge on any atom is -1.00 e. The normalized spacial score (nSPS) is 10.4. The Morgan fingerprint density at radius 3 is 2.75 bits per heavy atom. The molecule has 2 aromatic rings.